The van der Waals surface area contributed by atoms with Crippen LogP contribution in [0.2, 0.25) is 0 Å². The Labute approximate surface area is 89.1 Å². The summed E-state index contributed by atoms with van der Waals surface area (Å²) in [6, 6.07) is 4.75. The summed E-state index contributed by atoms with van der Waals surface area (Å²) >= 11 is 0. The molecule has 1 aliphatic rings. The van der Waals surface area contributed by atoms with Crippen LogP contribution in [0.4, 0.5) is 4.39 Å². The summed E-state index contributed by atoms with van der Waals surface area (Å²) in [6.45, 7) is 0.635. The van der Waals surface area contributed by atoms with E-state index in [0.29, 0.717) is 12.6 Å². The number of benzene rings is 1. The molecule has 1 fully saturated rings. The van der Waals surface area contributed by atoms with Crippen molar-refractivity contribution in [2.24, 2.45) is 0 Å². The maximum atomic E-state index is 12.9. The van der Waals surface area contributed by atoms with Gasteiger partial charge in [-0.05, 0) is 30.5 Å². The van der Waals surface area contributed by atoms with E-state index in [-0.39, 0.29) is 11.6 Å². The predicted octanol–water partition coefficient (Wildman–Crippen LogP) is 2.56. The largest absolute Gasteiger partial charge is 0.508 e. The van der Waals surface area contributed by atoms with Crippen LogP contribution >= 0.6 is 0 Å². The minimum Gasteiger partial charge on any atom is -0.508 e. The van der Waals surface area contributed by atoms with Crippen molar-refractivity contribution < 1.29 is 9.50 Å². The molecule has 15 heavy (non-hydrogen) atoms. The average molecular weight is 209 g/mol. The fourth-order valence-corrected chi connectivity index (χ4v) is 2.13. The first-order chi connectivity index (χ1) is 7.24. The van der Waals surface area contributed by atoms with Crippen LogP contribution in [0, 0.1) is 5.82 Å². The first kappa shape index (κ1) is 10.4. The van der Waals surface area contributed by atoms with Crippen molar-refractivity contribution in [3.05, 3.63) is 29.6 Å². The van der Waals surface area contributed by atoms with Gasteiger partial charge in [-0.2, -0.15) is 0 Å². The van der Waals surface area contributed by atoms with E-state index in [1.54, 1.807) is 6.07 Å². The Hall–Kier alpha value is -1.09. The summed E-state index contributed by atoms with van der Waals surface area (Å²) in [7, 11) is 0. The van der Waals surface area contributed by atoms with Crippen LogP contribution < -0.4 is 5.32 Å². The molecule has 2 rings (SSSR count). The molecule has 0 amide bonds. The molecule has 82 valence electrons. The molecule has 0 aliphatic heterocycles. The quantitative estimate of drug-likeness (QED) is 0.801. The molecule has 0 radical (unpaired) electrons. The normalized spacial score (nSPS) is 17.1. The van der Waals surface area contributed by atoms with E-state index < -0.39 is 0 Å². The highest BCUT2D eigenvalue weighted by atomic mass is 19.1. The van der Waals surface area contributed by atoms with Gasteiger partial charge in [-0.15, -0.1) is 0 Å². The summed E-state index contributed by atoms with van der Waals surface area (Å²) in [5.74, 6) is -0.378. The van der Waals surface area contributed by atoms with Gasteiger partial charge in [-0.1, -0.05) is 12.8 Å². The minimum absolute atomic E-state index is 0.00165. The molecule has 1 aromatic rings. The molecule has 0 saturated heterocycles. The van der Waals surface area contributed by atoms with Crippen LogP contribution in [-0.2, 0) is 6.54 Å². The predicted molar refractivity (Wildman–Crippen MR) is 57.2 cm³/mol. The molecule has 0 spiro atoms. The molecular formula is C12H16FNO. The Morgan fingerprint density at radius 3 is 2.67 bits per heavy atom. The zero-order valence-electron chi connectivity index (χ0n) is 8.67. The van der Waals surface area contributed by atoms with Gasteiger partial charge in [0, 0.05) is 18.7 Å². The Morgan fingerprint density at radius 1 is 1.27 bits per heavy atom. The first-order valence-electron chi connectivity index (χ1n) is 5.46. The fourth-order valence-electron chi connectivity index (χ4n) is 2.13. The average Bonchev–Trinajstić information content (AvgIpc) is 2.65. The lowest BCUT2D eigenvalue weighted by atomic mass is 10.2. The Kier molecular flexibility index (Phi) is 3.21. The number of aromatic hydroxyl groups is 1. The third kappa shape index (κ3) is 2.93. The molecule has 1 aliphatic carbocycles. The number of rotatable bonds is 3. The Balaban J connectivity index is 1.92. The van der Waals surface area contributed by atoms with Gasteiger partial charge >= 0.3 is 0 Å². The molecular weight excluding hydrogens is 193 g/mol. The summed E-state index contributed by atoms with van der Waals surface area (Å²) in [5.41, 5.74) is 0.805. The number of phenolic OH excluding ortho intramolecular Hbond substituents is 1. The van der Waals surface area contributed by atoms with Crippen molar-refractivity contribution in [3.8, 4) is 5.75 Å². The maximum Gasteiger partial charge on any atom is 0.127 e. The molecule has 2 N–H and O–H groups in total. The molecule has 0 aromatic heterocycles. The highest BCUT2D eigenvalue weighted by Gasteiger charge is 2.13. The van der Waals surface area contributed by atoms with E-state index in [1.807, 2.05) is 0 Å². The SMILES string of the molecule is Oc1cc(F)cc(CNC2CCCC2)c1. The molecule has 1 aromatic carbocycles. The molecule has 0 unspecified atom stereocenters. The molecule has 1 saturated carbocycles. The summed E-state index contributed by atoms with van der Waals surface area (Å²) in [6.07, 6.45) is 4.99. The van der Waals surface area contributed by atoms with Gasteiger partial charge in [0.1, 0.15) is 11.6 Å². The lowest BCUT2D eigenvalue weighted by molar-refractivity contribution is 0.465. The summed E-state index contributed by atoms with van der Waals surface area (Å²) < 4.78 is 12.9. The van der Waals surface area contributed by atoms with Gasteiger partial charge in [0.2, 0.25) is 0 Å². The molecule has 0 heterocycles. The first-order valence-corrected chi connectivity index (χ1v) is 5.46. The third-order valence-corrected chi connectivity index (χ3v) is 2.89. The van der Waals surface area contributed by atoms with Crippen molar-refractivity contribution in [3.63, 3.8) is 0 Å². The van der Waals surface area contributed by atoms with Crippen molar-refractivity contribution in [1.29, 1.82) is 0 Å². The molecule has 3 heteroatoms. The molecule has 2 nitrogen and oxygen atoms in total. The van der Waals surface area contributed by atoms with Crippen molar-refractivity contribution in [2.45, 2.75) is 38.3 Å². The van der Waals surface area contributed by atoms with E-state index in [4.69, 9.17) is 0 Å². The van der Waals surface area contributed by atoms with Gasteiger partial charge in [-0.3, -0.25) is 0 Å². The molecule has 0 atom stereocenters. The minimum atomic E-state index is -0.377. The zero-order valence-corrected chi connectivity index (χ0v) is 8.67. The van der Waals surface area contributed by atoms with Crippen molar-refractivity contribution in [1.82, 2.24) is 5.32 Å². The third-order valence-electron chi connectivity index (χ3n) is 2.89. The van der Waals surface area contributed by atoms with Crippen LogP contribution in [0.15, 0.2) is 18.2 Å². The lowest BCUT2D eigenvalue weighted by Gasteiger charge is -2.11. The number of phenols is 1. The Bertz CT molecular complexity index is 314. The second-order valence-corrected chi connectivity index (χ2v) is 4.18. The van der Waals surface area contributed by atoms with Crippen LogP contribution in [0.25, 0.3) is 0 Å². The zero-order chi connectivity index (χ0) is 10.7. The summed E-state index contributed by atoms with van der Waals surface area (Å²) in [5, 5.41) is 12.6. The van der Waals surface area contributed by atoms with Gasteiger partial charge in [0.05, 0.1) is 0 Å². The second kappa shape index (κ2) is 4.62. The van der Waals surface area contributed by atoms with Gasteiger partial charge in [0.25, 0.3) is 0 Å². The van der Waals surface area contributed by atoms with Crippen LogP contribution in [0.5, 0.6) is 5.75 Å². The van der Waals surface area contributed by atoms with Gasteiger partial charge < -0.3 is 10.4 Å². The highest BCUT2D eigenvalue weighted by molar-refractivity contribution is 5.28. The number of hydrogen-bond donors (Lipinski definition) is 2. The number of hydrogen-bond acceptors (Lipinski definition) is 2. The van der Waals surface area contributed by atoms with E-state index in [1.165, 1.54) is 31.7 Å². The smallest absolute Gasteiger partial charge is 0.127 e. The van der Waals surface area contributed by atoms with Crippen molar-refractivity contribution in [2.75, 3.05) is 0 Å². The summed E-state index contributed by atoms with van der Waals surface area (Å²) in [4.78, 5) is 0. The van der Waals surface area contributed by atoms with Crippen LogP contribution in [0.1, 0.15) is 31.2 Å². The van der Waals surface area contributed by atoms with Gasteiger partial charge in [0.15, 0.2) is 0 Å². The van der Waals surface area contributed by atoms with Crippen molar-refractivity contribution >= 4 is 0 Å². The maximum absolute atomic E-state index is 12.9. The number of nitrogens with one attached hydrogen (secondary N) is 1. The topological polar surface area (TPSA) is 32.3 Å². The Morgan fingerprint density at radius 2 is 2.00 bits per heavy atom. The lowest BCUT2D eigenvalue weighted by Crippen LogP contribution is -2.25. The van der Waals surface area contributed by atoms with E-state index in [9.17, 15) is 9.50 Å². The van der Waals surface area contributed by atoms with E-state index in [0.717, 1.165) is 11.6 Å². The van der Waals surface area contributed by atoms with Gasteiger partial charge in [-0.25, -0.2) is 4.39 Å². The van der Waals surface area contributed by atoms with E-state index in [2.05, 4.69) is 5.32 Å². The van der Waals surface area contributed by atoms with E-state index >= 15 is 0 Å². The molecule has 0 bridgehead atoms. The van der Waals surface area contributed by atoms with Crippen LogP contribution in [0.3, 0.4) is 0 Å². The standard InChI is InChI=1S/C12H16FNO/c13-10-5-9(6-12(15)7-10)8-14-11-3-1-2-4-11/h5-7,11,14-15H,1-4,8H2. The highest BCUT2D eigenvalue weighted by Crippen LogP contribution is 2.19. The monoisotopic (exact) mass is 209 g/mol. The van der Waals surface area contributed by atoms with Crippen LogP contribution in [-0.4, -0.2) is 11.1 Å². The number of halogens is 1. The second-order valence-electron chi connectivity index (χ2n) is 4.18. The fraction of sp³-hybridized carbons (Fsp3) is 0.500.